The number of carbonyl (C=O) groups excluding carboxylic acids is 1. The van der Waals surface area contributed by atoms with Crippen molar-refractivity contribution in [2.75, 3.05) is 34.9 Å². The fourth-order valence-electron chi connectivity index (χ4n) is 2.46. The number of nitrogens with one attached hydrogen (secondary N) is 1. The third-order valence-electron chi connectivity index (χ3n) is 3.63. The van der Waals surface area contributed by atoms with Crippen LogP contribution in [0.4, 0.5) is 0 Å². The fourth-order valence-corrected chi connectivity index (χ4v) is 2.46. The molecule has 1 aromatic heterocycles. The van der Waals surface area contributed by atoms with Crippen molar-refractivity contribution >= 4 is 5.91 Å². The van der Waals surface area contributed by atoms with Crippen molar-refractivity contribution in [2.24, 2.45) is 0 Å². The van der Waals surface area contributed by atoms with Gasteiger partial charge in [0.1, 0.15) is 5.76 Å². The maximum atomic E-state index is 12.1. The molecule has 7 nitrogen and oxygen atoms in total. The highest BCUT2D eigenvalue weighted by atomic mass is 16.5. The molecule has 0 fully saturated rings. The number of carbonyl (C=O) groups is 1. The van der Waals surface area contributed by atoms with E-state index in [9.17, 15) is 4.79 Å². The molecule has 2 aromatic rings. The lowest BCUT2D eigenvalue weighted by atomic mass is 10.1. The Bertz CT molecular complexity index is 660. The molecule has 0 aliphatic carbocycles. The molecule has 0 aliphatic rings. The van der Waals surface area contributed by atoms with Crippen LogP contribution in [0.15, 0.2) is 34.9 Å². The van der Waals surface area contributed by atoms with Crippen LogP contribution in [0.3, 0.4) is 0 Å². The van der Waals surface area contributed by atoms with E-state index in [4.69, 9.17) is 18.6 Å². The summed E-state index contributed by atoms with van der Waals surface area (Å²) in [5.74, 6) is 2.38. The minimum Gasteiger partial charge on any atom is -0.493 e. The number of methoxy groups -OCH3 is 3. The first-order chi connectivity index (χ1) is 12.1. The van der Waals surface area contributed by atoms with Gasteiger partial charge in [-0.25, -0.2) is 0 Å². The standard InChI is InChI=1S/C18H24N2O5/c1-20(11-14-6-5-7-25-14)12-17(21)19-10-13-8-15(22-2)18(24-4)16(9-13)23-3/h5-9H,10-12H2,1-4H3,(H,19,21). The van der Waals surface area contributed by atoms with Crippen molar-refractivity contribution in [3.8, 4) is 17.2 Å². The van der Waals surface area contributed by atoms with Gasteiger partial charge in [0, 0.05) is 6.54 Å². The zero-order chi connectivity index (χ0) is 18.2. The summed E-state index contributed by atoms with van der Waals surface area (Å²) in [7, 11) is 6.53. The van der Waals surface area contributed by atoms with Crippen LogP contribution in [-0.4, -0.2) is 45.7 Å². The Morgan fingerprint density at radius 2 is 1.84 bits per heavy atom. The molecule has 1 N–H and O–H groups in total. The molecule has 2 rings (SSSR count). The molecule has 0 aliphatic heterocycles. The summed E-state index contributed by atoms with van der Waals surface area (Å²) in [5, 5.41) is 2.89. The van der Waals surface area contributed by atoms with Crippen LogP contribution in [0.2, 0.25) is 0 Å². The van der Waals surface area contributed by atoms with Crippen molar-refractivity contribution in [3.63, 3.8) is 0 Å². The van der Waals surface area contributed by atoms with Gasteiger partial charge in [-0.05, 0) is 36.9 Å². The highest BCUT2D eigenvalue weighted by Gasteiger charge is 2.14. The van der Waals surface area contributed by atoms with E-state index >= 15 is 0 Å². The van der Waals surface area contributed by atoms with Crippen molar-refractivity contribution in [2.45, 2.75) is 13.1 Å². The van der Waals surface area contributed by atoms with Crippen molar-refractivity contribution in [3.05, 3.63) is 41.9 Å². The summed E-state index contributed by atoms with van der Waals surface area (Å²) in [6.07, 6.45) is 1.62. The molecule has 1 heterocycles. The first-order valence-corrected chi connectivity index (χ1v) is 7.83. The molecule has 0 radical (unpaired) electrons. The monoisotopic (exact) mass is 348 g/mol. The second-order valence-corrected chi connectivity index (χ2v) is 5.56. The number of likely N-dealkylation sites (N-methyl/N-ethyl adjacent to an activating group) is 1. The van der Waals surface area contributed by atoms with Gasteiger partial charge in [0.2, 0.25) is 11.7 Å². The van der Waals surface area contributed by atoms with E-state index in [0.717, 1.165) is 11.3 Å². The predicted molar refractivity (Wildman–Crippen MR) is 93.0 cm³/mol. The van der Waals surface area contributed by atoms with Crippen molar-refractivity contribution in [1.82, 2.24) is 10.2 Å². The fraction of sp³-hybridized carbons (Fsp3) is 0.389. The predicted octanol–water partition coefficient (Wildman–Crippen LogP) is 2.05. The van der Waals surface area contributed by atoms with E-state index in [0.29, 0.717) is 30.3 Å². The number of hydrogen-bond donors (Lipinski definition) is 1. The molecule has 0 bridgehead atoms. The lowest BCUT2D eigenvalue weighted by Gasteiger charge is -2.16. The maximum Gasteiger partial charge on any atom is 0.234 e. The number of benzene rings is 1. The Kier molecular flexibility index (Phi) is 6.71. The van der Waals surface area contributed by atoms with E-state index in [1.165, 1.54) is 0 Å². The van der Waals surface area contributed by atoms with Crippen LogP contribution in [-0.2, 0) is 17.9 Å². The molecule has 0 unspecified atom stereocenters. The molecule has 0 atom stereocenters. The van der Waals surface area contributed by atoms with Gasteiger partial charge in [0.25, 0.3) is 0 Å². The number of hydrogen-bond acceptors (Lipinski definition) is 6. The summed E-state index contributed by atoms with van der Waals surface area (Å²) in [6.45, 7) is 1.21. The van der Waals surface area contributed by atoms with Gasteiger partial charge in [-0.1, -0.05) is 0 Å². The highest BCUT2D eigenvalue weighted by Crippen LogP contribution is 2.38. The minimum atomic E-state index is -0.0807. The Morgan fingerprint density at radius 3 is 2.36 bits per heavy atom. The molecule has 7 heteroatoms. The van der Waals surface area contributed by atoms with E-state index < -0.39 is 0 Å². The first-order valence-electron chi connectivity index (χ1n) is 7.83. The smallest absolute Gasteiger partial charge is 0.234 e. The molecule has 25 heavy (non-hydrogen) atoms. The van der Waals surface area contributed by atoms with Crippen molar-refractivity contribution in [1.29, 1.82) is 0 Å². The summed E-state index contributed by atoms with van der Waals surface area (Å²) in [5.41, 5.74) is 0.858. The quantitative estimate of drug-likeness (QED) is 0.748. The highest BCUT2D eigenvalue weighted by molar-refractivity contribution is 5.78. The normalized spacial score (nSPS) is 10.6. The molecule has 136 valence electrons. The Balaban J connectivity index is 1.92. The second kappa shape index (κ2) is 8.98. The topological polar surface area (TPSA) is 73.2 Å². The van der Waals surface area contributed by atoms with Crippen LogP contribution in [0.1, 0.15) is 11.3 Å². The zero-order valence-electron chi connectivity index (χ0n) is 15.0. The van der Waals surface area contributed by atoms with Crippen LogP contribution in [0.25, 0.3) is 0 Å². The summed E-state index contributed by atoms with van der Waals surface area (Å²) in [6, 6.07) is 7.33. The Hall–Kier alpha value is -2.67. The SMILES string of the molecule is COc1cc(CNC(=O)CN(C)Cc2ccco2)cc(OC)c1OC. The molecular weight excluding hydrogens is 324 g/mol. The van der Waals surface area contributed by atoms with Crippen LogP contribution in [0.5, 0.6) is 17.2 Å². The zero-order valence-corrected chi connectivity index (χ0v) is 15.0. The van der Waals surface area contributed by atoms with Crippen molar-refractivity contribution < 1.29 is 23.4 Å². The molecule has 0 spiro atoms. The summed E-state index contributed by atoms with van der Waals surface area (Å²) >= 11 is 0. The van der Waals surface area contributed by atoms with Crippen LogP contribution < -0.4 is 19.5 Å². The van der Waals surface area contributed by atoms with Gasteiger partial charge < -0.3 is 23.9 Å². The lowest BCUT2D eigenvalue weighted by molar-refractivity contribution is -0.122. The first kappa shape index (κ1) is 18.7. The summed E-state index contributed by atoms with van der Waals surface area (Å²) < 4.78 is 21.2. The van der Waals surface area contributed by atoms with Crippen LogP contribution in [0, 0.1) is 0 Å². The maximum absolute atomic E-state index is 12.1. The number of amides is 1. The number of rotatable bonds is 9. The van der Waals surface area contributed by atoms with Crippen LogP contribution >= 0.6 is 0 Å². The van der Waals surface area contributed by atoms with E-state index in [-0.39, 0.29) is 12.5 Å². The largest absolute Gasteiger partial charge is 0.493 e. The van der Waals surface area contributed by atoms with Gasteiger partial charge >= 0.3 is 0 Å². The van der Waals surface area contributed by atoms with Gasteiger partial charge in [-0.3, -0.25) is 9.69 Å². The lowest BCUT2D eigenvalue weighted by Crippen LogP contribution is -2.34. The van der Waals surface area contributed by atoms with Gasteiger partial charge in [-0.15, -0.1) is 0 Å². The third kappa shape index (κ3) is 5.15. The van der Waals surface area contributed by atoms with E-state index in [2.05, 4.69) is 5.32 Å². The second-order valence-electron chi connectivity index (χ2n) is 5.56. The third-order valence-corrected chi connectivity index (χ3v) is 3.63. The Morgan fingerprint density at radius 1 is 1.16 bits per heavy atom. The summed E-state index contributed by atoms with van der Waals surface area (Å²) in [4.78, 5) is 14.0. The van der Waals surface area contributed by atoms with Gasteiger partial charge in [0.15, 0.2) is 11.5 Å². The van der Waals surface area contributed by atoms with E-state index in [1.807, 2.05) is 36.2 Å². The van der Waals surface area contributed by atoms with Gasteiger partial charge in [0.05, 0.1) is 40.7 Å². The average molecular weight is 348 g/mol. The number of nitrogens with zero attached hydrogens (tertiary/aromatic N) is 1. The molecule has 0 saturated carbocycles. The average Bonchev–Trinajstić information content (AvgIpc) is 3.11. The number of ether oxygens (including phenoxy) is 3. The number of furan rings is 1. The van der Waals surface area contributed by atoms with E-state index in [1.54, 1.807) is 27.6 Å². The Labute approximate surface area is 147 Å². The molecule has 0 saturated heterocycles. The molecular formula is C18H24N2O5. The molecule has 1 amide bonds. The van der Waals surface area contributed by atoms with Gasteiger partial charge in [-0.2, -0.15) is 0 Å². The minimum absolute atomic E-state index is 0.0807. The molecule has 1 aromatic carbocycles.